The summed E-state index contributed by atoms with van der Waals surface area (Å²) in [6.07, 6.45) is 1.52. The van der Waals surface area contributed by atoms with Gasteiger partial charge in [-0.1, -0.05) is 19.1 Å². The molecule has 5 heteroatoms. The molecule has 0 amide bonds. The van der Waals surface area contributed by atoms with E-state index >= 15 is 0 Å². The molecule has 0 spiro atoms. The van der Waals surface area contributed by atoms with Gasteiger partial charge in [0.05, 0.1) is 4.90 Å². The first-order chi connectivity index (χ1) is 8.75. The quantitative estimate of drug-likeness (QED) is 0.869. The molecule has 19 heavy (non-hydrogen) atoms. The molecule has 1 aromatic carbocycles. The maximum Gasteiger partial charge on any atom is 0.243 e. The van der Waals surface area contributed by atoms with Crippen LogP contribution in [0.1, 0.15) is 32.8 Å². The molecule has 0 aromatic heterocycles. The molecule has 0 atom stereocenters. The number of nitrogens with zero attached hydrogens (tertiary/aromatic N) is 1. The van der Waals surface area contributed by atoms with Crippen molar-refractivity contribution in [2.24, 2.45) is 5.73 Å². The van der Waals surface area contributed by atoms with Crippen LogP contribution in [-0.4, -0.2) is 31.9 Å². The van der Waals surface area contributed by atoms with Crippen LogP contribution in [-0.2, 0) is 16.4 Å². The largest absolute Gasteiger partial charge is 0.330 e. The van der Waals surface area contributed by atoms with Gasteiger partial charge in [-0.3, -0.25) is 0 Å². The predicted octanol–water partition coefficient (Wildman–Crippen LogP) is 2.00. The molecule has 108 valence electrons. The maximum absolute atomic E-state index is 12.5. The second kappa shape index (κ2) is 6.03. The molecule has 0 saturated carbocycles. The summed E-state index contributed by atoms with van der Waals surface area (Å²) in [4.78, 5) is 0.331. The molecule has 0 radical (unpaired) electrons. The third-order valence-corrected chi connectivity index (χ3v) is 5.82. The van der Waals surface area contributed by atoms with Gasteiger partial charge in [-0.05, 0) is 50.9 Å². The molecule has 0 aliphatic carbocycles. The lowest BCUT2D eigenvalue weighted by Crippen LogP contribution is -2.44. The van der Waals surface area contributed by atoms with Crippen molar-refractivity contribution in [1.82, 2.24) is 4.31 Å². The van der Waals surface area contributed by atoms with Gasteiger partial charge < -0.3 is 5.73 Å². The van der Waals surface area contributed by atoms with Crippen LogP contribution in [0.15, 0.2) is 29.2 Å². The summed E-state index contributed by atoms with van der Waals surface area (Å²) in [6.45, 7) is 6.39. The molecule has 0 aliphatic heterocycles. The van der Waals surface area contributed by atoms with Gasteiger partial charge >= 0.3 is 0 Å². The van der Waals surface area contributed by atoms with Gasteiger partial charge in [0.25, 0.3) is 0 Å². The molecular formula is C14H24N2O2S. The van der Waals surface area contributed by atoms with Crippen LogP contribution in [0.4, 0.5) is 0 Å². The highest BCUT2D eigenvalue weighted by atomic mass is 32.2. The zero-order valence-electron chi connectivity index (χ0n) is 12.2. The summed E-state index contributed by atoms with van der Waals surface area (Å²) in [5.41, 5.74) is 6.14. The van der Waals surface area contributed by atoms with Crippen molar-refractivity contribution >= 4 is 10.0 Å². The van der Waals surface area contributed by atoms with Crippen molar-refractivity contribution < 1.29 is 8.42 Å². The molecule has 1 aromatic rings. The molecule has 0 fully saturated rings. The molecule has 4 nitrogen and oxygen atoms in total. The van der Waals surface area contributed by atoms with E-state index in [1.54, 1.807) is 19.2 Å². The Hall–Kier alpha value is -0.910. The first-order valence-electron chi connectivity index (χ1n) is 6.53. The summed E-state index contributed by atoms with van der Waals surface area (Å²) in [5.74, 6) is 0. The lowest BCUT2D eigenvalue weighted by Gasteiger charge is -2.33. The Morgan fingerprint density at radius 1 is 1.21 bits per heavy atom. The van der Waals surface area contributed by atoms with E-state index in [0.717, 1.165) is 18.4 Å². The summed E-state index contributed by atoms with van der Waals surface area (Å²) in [7, 11) is -1.81. The average Bonchev–Trinajstić information content (AvgIpc) is 2.39. The van der Waals surface area contributed by atoms with Gasteiger partial charge in [-0.2, -0.15) is 4.31 Å². The highest BCUT2D eigenvalue weighted by Crippen LogP contribution is 2.25. The fourth-order valence-electron chi connectivity index (χ4n) is 1.70. The molecule has 0 heterocycles. The van der Waals surface area contributed by atoms with Gasteiger partial charge in [0.1, 0.15) is 0 Å². The number of rotatable bonds is 6. The van der Waals surface area contributed by atoms with Crippen molar-refractivity contribution in [2.75, 3.05) is 13.6 Å². The Bertz CT molecular complexity index is 507. The first-order valence-corrected chi connectivity index (χ1v) is 7.97. The van der Waals surface area contributed by atoms with Gasteiger partial charge in [0, 0.05) is 12.6 Å². The van der Waals surface area contributed by atoms with Gasteiger partial charge in [-0.15, -0.1) is 0 Å². The maximum atomic E-state index is 12.5. The van der Waals surface area contributed by atoms with Crippen molar-refractivity contribution in [1.29, 1.82) is 0 Å². The molecule has 0 saturated heterocycles. The topological polar surface area (TPSA) is 63.4 Å². The smallest absolute Gasteiger partial charge is 0.243 e. The molecule has 1 rings (SSSR count). The Labute approximate surface area is 116 Å². The van der Waals surface area contributed by atoms with E-state index < -0.39 is 15.6 Å². The van der Waals surface area contributed by atoms with E-state index in [4.69, 9.17) is 5.73 Å². The summed E-state index contributed by atoms with van der Waals surface area (Å²) >= 11 is 0. The zero-order valence-corrected chi connectivity index (χ0v) is 13.0. The van der Waals surface area contributed by atoms with E-state index in [1.165, 1.54) is 4.31 Å². The van der Waals surface area contributed by atoms with Gasteiger partial charge in [0.15, 0.2) is 0 Å². The highest BCUT2D eigenvalue weighted by Gasteiger charge is 2.32. The SMILES string of the molecule is CCC(C)(C)N(C)S(=O)(=O)c1ccc(CCN)cc1. The van der Waals surface area contributed by atoms with Crippen molar-refractivity contribution in [3.63, 3.8) is 0 Å². The minimum absolute atomic E-state index is 0.331. The molecule has 0 aliphatic rings. The van der Waals surface area contributed by atoms with Crippen LogP contribution in [0.3, 0.4) is 0 Å². The molecule has 2 N–H and O–H groups in total. The third-order valence-electron chi connectivity index (χ3n) is 3.73. The van der Waals surface area contributed by atoms with Crippen molar-refractivity contribution in [3.8, 4) is 0 Å². The third kappa shape index (κ3) is 3.55. The van der Waals surface area contributed by atoms with Crippen LogP contribution < -0.4 is 5.73 Å². The first kappa shape index (κ1) is 16.1. The summed E-state index contributed by atoms with van der Waals surface area (Å²) in [6, 6.07) is 6.96. The minimum Gasteiger partial charge on any atom is -0.330 e. The Morgan fingerprint density at radius 3 is 2.16 bits per heavy atom. The molecule has 0 unspecified atom stereocenters. The number of benzene rings is 1. The minimum atomic E-state index is -3.44. The Balaban J connectivity index is 3.07. The van der Waals surface area contributed by atoms with E-state index in [0.29, 0.717) is 11.4 Å². The second-order valence-electron chi connectivity index (χ2n) is 5.32. The monoisotopic (exact) mass is 284 g/mol. The number of nitrogens with two attached hydrogens (primary N) is 1. The Kier molecular flexibility index (Phi) is 5.12. The Morgan fingerprint density at radius 2 is 1.74 bits per heavy atom. The second-order valence-corrected chi connectivity index (χ2v) is 7.29. The lowest BCUT2D eigenvalue weighted by molar-refractivity contribution is 0.257. The fraction of sp³-hybridized carbons (Fsp3) is 0.571. The van der Waals surface area contributed by atoms with E-state index in [2.05, 4.69) is 0 Å². The highest BCUT2D eigenvalue weighted by molar-refractivity contribution is 7.89. The van der Waals surface area contributed by atoms with Crippen LogP contribution in [0.5, 0.6) is 0 Å². The lowest BCUT2D eigenvalue weighted by atomic mass is 10.0. The van der Waals surface area contributed by atoms with Gasteiger partial charge in [0.2, 0.25) is 10.0 Å². The van der Waals surface area contributed by atoms with E-state index in [9.17, 15) is 8.42 Å². The number of hydrogen-bond acceptors (Lipinski definition) is 3. The molecular weight excluding hydrogens is 260 g/mol. The van der Waals surface area contributed by atoms with Gasteiger partial charge in [-0.25, -0.2) is 8.42 Å². The van der Waals surface area contributed by atoms with Crippen molar-refractivity contribution in [3.05, 3.63) is 29.8 Å². The van der Waals surface area contributed by atoms with E-state index in [-0.39, 0.29) is 0 Å². The number of hydrogen-bond donors (Lipinski definition) is 1. The standard InChI is InChI=1S/C14H24N2O2S/c1-5-14(2,3)16(4)19(17,18)13-8-6-12(7-9-13)10-11-15/h6-9H,5,10-11,15H2,1-4H3. The number of sulfonamides is 1. The molecule has 0 bridgehead atoms. The van der Waals surface area contributed by atoms with Crippen molar-refractivity contribution in [2.45, 2.75) is 44.0 Å². The summed E-state index contributed by atoms with van der Waals surface area (Å²) < 4.78 is 26.5. The van der Waals surface area contributed by atoms with E-state index in [1.807, 2.05) is 32.9 Å². The van der Waals surface area contributed by atoms with Crippen LogP contribution in [0, 0.1) is 0 Å². The normalized spacial score (nSPS) is 12.9. The van der Waals surface area contributed by atoms with Crippen LogP contribution in [0.2, 0.25) is 0 Å². The fourth-order valence-corrected chi connectivity index (χ4v) is 3.28. The zero-order chi connectivity index (χ0) is 14.7. The summed E-state index contributed by atoms with van der Waals surface area (Å²) in [5, 5.41) is 0. The van der Waals surface area contributed by atoms with Crippen LogP contribution >= 0.6 is 0 Å². The van der Waals surface area contributed by atoms with Crippen LogP contribution in [0.25, 0.3) is 0 Å². The predicted molar refractivity (Wildman–Crippen MR) is 78.5 cm³/mol. The average molecular weight is 284 g/mol.